The molecule has 0 saturated heterocycles. The second kappa shape index (κ2) is 5.34. The zero-order valence-electron chi connectivity index (χ0n) is 10.1. The van der Waals surface area contributed by atoms with Crippen LogP contribution >= 0.6 is 15.9 Å². The molecular weight excluding hydrogens is 300 g/mol. The van der Waals surface area contributed by atoms with Crippen molar-refractivity contribution in [2.24, 2.45) is 0 Å². The SMILES string of the molecule is CCOC(=O)C(C)Nc1nc(Br)cn2ccnc12. The molecule has 0 spiro atoms. The Morgan fingerprint density at radius 2 is 2.44 bits per heavy atom. The number of aromatic nitrogens is 3. The van der Waals surface area contributed by atoms with Crippen molar-refractivity contribution in [1.82, 2.24) is 14.4 Å². The summed E-state index contributed by atoms with van der Waals surface area (Å²) in [6.45, 7) is 3.85. The molecule has 0 aliphatic carbocycles. The first-order chi connectivity index (χ1) is 8.61. The number of imidazole rings is 1. The Kier molecular flexibility index (Phi) is 3.81. The van der Waals surface area contributed by atoms with Crippen molar-refractivity contribution in [3.63, 3.8) is 0 Å². The maximum Gasteiger partial charge on any atom is 0.328 e. The van der Waals surface area contributed by atoms with Crippen molar-refractivity contribution in [3.8, 4) is 0 Å². The topological polar surface area (TPSA) is 68.5 Å². The lowest BCUT2D eigenvalue weighted by atomic mass is 10.3. The van der Waals surface area contributed by atoms with E-state index in [0.717, 1.165) is 0 Å². The Balaban J connectivity index is 2.25. The number of fused-ring (bicyclic) bond motifs is 1. The molecule has 0 bridgehead atoms. The van der Waals surface area contributed by atoms with Crippen molar-refractivity contribution in [2.45, 2.75) is 19.9 Å². The van der Waals surface area contributed by atoms with Gasteiger partial charge in [0.1, 0.15) is 10.6 Å². The molecule has 2 rings (SSSR count). The summed E-state index contributed by atoms with van der Waals surface area (Å²) in [6, 6.07) is -0.479. The molecule has 6 nitrogen and oxygen atoms in total. The number of halogens is 1. The molecule has 0 aliphatic rings. The Labute approximate surface area is 113 Å². The monoisotopic (exact) mass is 312 g/mol. The highest BCUT2D eigenvalue weighted by Gasteiger charge is 2.16. The predicted octanol–water partition coefficient (Wildman–Crippen LogP) is 1.86. The third kappa shape index (κ3) is 2.61. The molecule has 1 N–H and O–H groups in total. The summed E-state index contributed by atoms with van der Waals surface area (Å²) in [5.74, 6) is 0.221. The van der Waals surface area contributed by atoms with E-state index in [-0.39, 0.29) is 5.97 Å². The summed E-state index contributed by atoms with van der Waals surface area (Å²) in [5, 5.41) is 3.00. The van der Waals surface area contributed by atoms with Crippen LogP contribution in [0.4, 0.5) is 5.82 Å². The largest absolute Gasteiger partial charge is 0.464 e. The molecule has 96 valence electrons. The fourth-order valence-corrected chi connectivity index (χ4v) is 1.93. The Bertz CT molecular complexity index is 569. The smallest absolute Gasteiger partial charge is 0.328 e. The number of anilines is 1. The Morgan fingerprint density at radius 1 is 1.67 bits per heavy atom. The van der Waals surface area contributed by atoms with Crippen LogP contribution in [0, 0.1) is 0 Å². The van der Waals surface area contributed by atoms with Crippen LogP contribution in [0.15, 0.2) is 23.2 Å². The van der Waals surface area contributed by atoms with Crippen molar-refractivity contribution in [2.75, 3.05) is 11.9 Å². The van der Waals surface area contributed by atoms with Crippen molar-refractivity contribution >= 4 is 33.4 Å². The number of nitrogens with one attached hydrogen (secondary N) is 1. The lowest BCUT2D eigenvalue weighted by Gasteiger charge is -2.13. The van der Waals surface area contributed by atoms with Crippen LogP contribution in [-0.2, 0) is 9.53 Å². The van der Waals surface area contributed by atoms with E-state index in [2.05, 4.69) is 31.2 Å². The first-order valence-corrected chi connectivity index (χ1v) is 6.33. The molecular formula is C11H13BrN4O2. The van der Waals surface area contributed by atoms with E-state index in [9.17, 15) is 4.79 Å². The van der Waals surface area contributed by atoms with Crippen LogP contribution in [-0.4, -0.2) is 33.0 Å². The van der Waals surface area contributed by atoms with E-state index in [4.69, 9.17) is 4.74 Å². The normalized spacial score (nSPS) is 12.4. The van der Waals surface area contributed by atoms with Crippen LogP contribution in [0.5, 0.6) is 0 Å². The molecule has 18 heavy (non-hydrogen) atoms. The third-order valence-electron chi connectivity index (χ3n) is 2.34. The van der Waals surface area contributed by atoms with Gasteiger partial charge in [-0.2, -0.15) is 0 Å². The van der Waals surface area contributed by atoms with Gasteiger partial charge in [0.05, 0.1) is 6.61 Å². The summed E-state index contributed by atoms with van der Waals surface area (Å²) in [4.78, 5) is 20.0. The van der Waals surface area contributed by atoms with Gasteiger partial charge in [-0.15, -0.1) is 0 Å². The minimum atomic E-state index is -0.479. The van der Waals surface area contributed by atoms with E-state index >= 15 is 0 Å². The molecule has 2 aromatic rings. The van der Waals surface area contributed by atoms with Crippen LogP contribution in [0.1, 0.15) is 13.8 Å². The maximum atomic E-state index is 11.6. The number of carbonyl (C=O) groups is 1. The number of ether oxygens (including phenoxy) is 1. The molecule has 0 aromatic carbocycles. The molecule has 7 heteroatoms. The number of hydrogen-bond donors (Lipinski definition) is 1. The fourth-order valence-electron chi connectivity index (χ4n) is 1.53. The molecule has 1 unspecified atom stereocenters. The van der Waals surface area contributed by atoms with Gasteiger partial charge in [-0.1, -0.05) is 0 Å². The lowest BCUT2D eigenvalue weighted by Crippen LogP contribution is -2.28. The number of nitrogens with zero attached hydrogens (tertiary/aromatic N) is 3. The predicted molar refractivity (Wildman–Crippen MR) is 70.4 cm³/mol. The third-order valence-corrected chi connectivity index (χ3v) is 2.72. The first-order valence-electron chi connectivity index (χ1n) is 5.54. The van der Waals surface area contributed by atoms with Crippen molar-refractivity contribution in [3.05, 3.63) is 23.2 Å². The summed E-state index contributed by atoms with van der Waals surface area (Å²) in [6.07, 6.45) is 5.27. The van der Waals surface area contributed by atoms with Gasteiger partial charge in [0, 0.05) is 18.6 Å². The first kappa shape index (κ1) is 12.8. The number of hydrogen-bond acceptors (Lipinski definition) is 5. The van der Waals surface area contributed by atoms with Crippen LogP contribution in [0.3, 0.4) is 0 Å². The highest BCUT2D eigenvalue weighted by atomic mass is 79.9. The van der Waals surface area contributed by atoms with Crippen molar-refractivity contribution < 1.29 is 9.53 Å². The molecule has 0 radical (unpaired) electrons. The summed E-state index contributed by atoms with van der Waals surface area (Å²) in [7, 11) is 0. The van der Waals surface area contributed by atoms with Gasteiger partial charge in [0.25, 0.3) is 0 Å². The maximum absolute atomic E-state index is 11.6. The number of rotatable bonds is 4. The van der Waals surface area contributed by atoms with Gasteiger partial charge in [0.15, 0.2) is 11.5 Å². The Hall–Kier alpha value is -1.63. The second-order valence-electron chi connectivity index (χ2n) is 3.69. The Morgan fingerprint density at radius 3 is 3.17 bits per heavy atom. The molecule has 0 fully saturated rings. The van der Waals surface area contributed by atoms with Crippen molar-refractivity contribution in [1.29, 1.82) is 0 Å². The number of carbonyl (C=O) groups excluding carboxylic acids is 1. The molecule has 0 amide bonds. The van der Waals surface area contributed by atoms with Crippen LogP contribution in [0.2, 0.25) is 0 Å². The lowest BCUT2D eigenvalue weighted by molar-refractivity contribution is -0.143. The molecule has 0 aliphatic heterocycles. The molecule has 0 saturated carbocycles. The zero-order chi connectivity index (χ0) is 13.1. The highest BCUT2D eigenvalue weighted by molar-refractivity contribution is 9.10. The van der Waals surface area contributed by atoms with E-state index in [1.807, 2.05) is 10.6 Å². The van der Waals surface area contributed by atoms with Crippen LogP contribution < -0.4 is 5.32 Å². The van der Waals surface area contributed by atoms with Crippen LogP contribution in [0.25, 0.3) is 5.65 Å². The van der Waals surface area contributed by atoms with E-state index in [1.54, 1.807) is 26.2 Å². The highest BCUT2D eigenvalue weighted by Crippen LogP contribution is 2.17. The summed E-state index contributed by atoms with van der Waals surface area (Å²) >= 11 is 3.31. The minimum Gasteiger partial charge on any atom is -0.464 e. The molecule has 2 heterocycles. The average molecular weight is 313 g/mol. The zero-order valence-corrected chi connectivity index (χ0v) is 11.6. The fraction of sp³-hybridized carbons (Fsp3) is 0.364. The van der Waals surface area contributed by atoms with E-state index in [0.29, 0.717) is 22.7 Å². The van der Waals surface area contributed by atoms with Gasteiger partial charge in [0.2, 0.25) is 0 Å². The average Bonchev–Trinajstić information content (AvgIpc) is 2.77. The molecule has 2 aromatic heterocycles. The van der Waals surface area contributed by atoms with Gasteiger partial charge >= 0.3 is 5.97 Å². The summed E-state index contributed by atoms with van der Waals surface area (Å²) < 4.78 is 7.41. The quantitative estimate of drug-likeness (QED) is 0.873. The van der Waals surface area contributed by atoms with Gasteiger partial charge in [-0.25, -0.2) is 14.8 Å². The van der Waals surface area contributed by atoms with Gasteiger partial charge in [-0.3, -0.25) is 0 Å². The minimum absolute atomic E-state index is 0.316. The second-order valence-corrected chi connectivity index (χ2v) is 4.50. The number of esters is 1. The van der Waals surface area contributed by atoms with E-state index < -0.39 is 6.04 Å². The van der Waals surface area contributed by atoms with Gasteiger partial charge < -0.3 is 14.5 Å². The summed E-state index contributed by atoms with van der Waals surface area (Å²) in [5.41, 5.74) is 0.661. The standard InChI is InChI=1S/C11H13BrN4O2/c1-3-18-11(17)7(2)14-9-10-13-4-5-16(10)6-8(12)15-9/h4-7H,3H2,1-2H3,(H,14,15). The van der Waals surface area contributed by atoms with Gasteiger partial charge in [-0.05, 0) is 29.8 Å². The van der Waals surface area contributed by atoms with E-state index in [1.165, 1.54) is 0 Å². The molecule has 1 atom stereocenters.